The number of benzene rings is 1. The molecule has 1 fully saturated rings. The van der Waals surface area contributed by atoms with Crippen molar-refractivity contribution in [1.29, 1.82) is 0 Å². The number of anilines is 2. The van der Waals surface area contributed by atoms with Crippen molar-refractivity contribution < 1.29 is 4.79 Å². The van der Waals surface area contributed by atoms with Gasteiger partial charge < -0.3 is 20.5 Å². The first-order valence-corrected chi connectivity index (χ1v) is 11.9. The number of nitrogens with one attached hydrogen (secondary N) is 3. The van der Waals surface area contributed by atoms with E-state index >= 15 is 0 Å². The maximum atomic E-state index is 13.1. The van der Waals surface area contributed by atoms with Crippen LogP contribution in [0.5, 0.6) is 0 Å². The normalized spacial score (nSPS) is 16.3. The number of aromatic amines is 1. The predicted octanol–water partition coefficient (Wildman–Crippen LogP) is 4.01. The molecular formula is C24H26BrN7O. The van der Waals surface area contributed by atoms with Gasteiger partial charge >= 0.3 is 0 Å². The summed E-state index contributed by atoms with van der Waals surface area (Å²) in [5, 5.41) is 11.7. The summed E-state index contributed by atoms with van der Waals surface area (Å²) in [6, 6.07) is 10.5. The molecule has 1 aliphatic heterocycles. The van der Waals surface area contributed by atoms with Crippen LogP contribution in [-0.2, 0) is 6.54 Å². The molecule has 33 heavy (non-hydrogen) atoms. The van der Waals surface area contributed by atoms with Crippen molar-refractivity contribution in [2.24, 2.45) is 0 Å². The van der Waals surface area contributed by atoms with Crippen molar-refractivity contribution in [2.75, 3.05) is 30.4 Å². The Kier molecular flexibility index (Phi) is 6.15. The van der Waals surface area contributed by atoms with Crippen LogP contribution in [0.2, 0.25) is 0 Å². The molecule has 0 saturated carbocycles. The van der Waals surface area contributed by atoms with Crippen molar-refractivity contribution in [3.05, 3.63) is 70.7 Å². The van der Waals surface area contributed by atoms with E-state index in [4.69, 9.17) is 0 Å². The summed E-state index contributed by atoms with van der Waals surface area (Å²) in [6.45, 7) is 2.48. The molecule has 4 aromatic rings. The molecule has 1 atom stereocenters. The van der Waals surface area contributed by atoms with Crippen molar-refractivity contribution in [3.63, 3.8) is 0 Å². The Labute approximate surface area is 200 Å². The second-order valence-electron chi connectivity index (χ2n) is 8.32. The number of nitrogens with zero attached hydrogens (tertiary/aromatic N) is 4. The van der Waals surface area contributed by atoms with E-state index in [0.717, 1.165) is 52.7 Å². The molecule has 0 spiro atoms. The Morgan fingerprint density at radius 3 is 2.94 bits per heavy atom. The van der Waals surface area contributed by atoms with Gasteiger partial charge in [-0.3, -0.25) is 9.48 Å². The number of carbonyl (C=O) groups excluding carboxylic acids is 1. The Balaban J connectivity index is 1.40. The molecule has 170 valence electrons. The molecule has 3 aromatic heterocycles. The minimum Gasteiger partial charge on any atom is -0.368 e. The fourth-order valence-corrected chi connectivity index (χ4v) is 4.96. The summed E-state index contributed by atoms with van der Waals surface area (Å²) in [5.41, 5.74) is 4.15. The van der Waals surface area contributed by atoms with Crippen LogP contribution < -0.4 is 15.5 Å². The lowest BCUT2D eigenvalue weighted by Crippen LogP contribution is -2.44. The number of carbonyl (C=O) groups is 1. The van der Waals surface area contributed by atoms with E-state index in [-0.39, 0.29) is 5.91 Å². The number of hydrogen-bond donors (Lipinski definition) is 3. The highest BCUT2D eigenvalue weighted by Crippen LogP contribution is 2.39. The topological polar surface area (TPSA) is 90.9 Å². The number of hydrogen-bond acceptors (Lipinski definition) is 5. The van der Waals surface area contributed by atoms with Gasteiger partial charge in [-0.15, -0.1) is 0 Å². The van der Waals surface area contributed by atoms with E-state index in [1.165, 1.54) is 0 Å². The van der Waals surface area contributed by atoms with Crippen LogP contribution in [0.4, 0.5) is 11.4 Å². The lowest BCUT2D eigenvalue weighted by atomic mass is 10.0. The first-order chi connectivity index (χ1) is 16.1. The van der Waals surface area contributed by atoms with Gasteiger partial charge in [-0.05, 0) is 41.4 Å². The molecular weight excluding hydrogens is 482 g/mol. The maximum Gasteiger partial charge on any atom is 0.258 e. The maximum absolute atomic E-state index is 13.1. The van der Waals surface area contributed by atoms with Crippen LogP contribution in [0.25, 0.3) is 11.0 Å². The number of aromatic nitrogens is 4. The smallest absolute Gasteiger partial charge is 0.258 e. The van der Waals surface area contributed by atoms with Crippen LogP contribution in [0.15, 0.2) is 59.6 Å². The van der Waals surface area contributed by atoms with Crippen LogP contribution in [-0.4, -0.2) is 51.8 Å². The highest BCUT2D eigenvalue weighted by molar-refractivity contribution is 9.10. The second kappa shape index (κ2) is 9.36. The highest BCUT2D eigenvalue weighted by atomic mass is 79.9. The van der Waals surface area contributed by atoms with Gasteiger partial charge in [0.2, 0.25) is 0 Å². The second-order valence-corrected chi connectivity index (χ2v) is 9.18. The minimum atomic E-state index is -0.201. The average Bonchev–Trinajstić information content (AvgIpc) is 3.47. The number of fused-ring (bicyclic) bond motifs is 1. The molecule has 8 nitrogen and oxygen atoms in total. The SMILES string of the molecule is CN[C@@H]1CCCN(c2c(Br)cnc3[nH]cc(NC(=O)c4cnn(Cc5ccccc5)c4)c23)C1. The molecule has 0 bridgehead atoms. The number of amides is 1. The number of H-pyrrole nitrogens is 1. The van der Waals surface area contributed by atoms with Gasteiger partial charge in [-0.25, -0.2) is 4.98 Å². The largest absolute Gasteiger partial charge is 0.368 e. The van der Waals surface area contributed by atoms with E-state index in [0.29, 0.717) is 23.8 Å². The third-order valence-corrected chi connectivity index (χ3v) is 6.69. The molecule has 0 radical (unpaired) electrons. The molecule has 5 rings (SSSR count). The summed E-state index contributed by atoms with van der Waals surface area (Å²) in [6.07, 6.45) is 9.26. The number of likely N-dealkylation sites (N-methyl/N-ethyl adjacent to an activating group) is 1. The molecule has 1 saturated heterocycles. The number of halogens is 1. The number of piperidine rings is 1. The van der Waals surface area contributed by atoms with Crippen molar-refractivity contribution >= 4 is 44.2 Å². The molecule has 4 heterocycles. The zero-order valence-electron chi connectivity index (χ0n) is 18.4. The van der Waals surface area contributed by atoms with Crippen LogP contribution in [0.3, 0.4) is 0 Å². The van der Waals surface area contributed by atoms with Crippen LogP contribution in [0.1, 0.15) is 28.8 Å². The zero-order valence-corrected chi connectivity index (χ0v) is 20.0. The van der Waals surface area contributed by atoms with Gasteiger partial charge in [0, 0.05) is 37.7 Å². The number of rotatable bonds is 6. The first-order valence-electron chi connectivity index (χ1n) is 11.1. The van der Waals surface area contributed by atoms with Gasteiger partial charge in [0.05, 0.1) is 39.5 Å². The Hall–Kier alpha value is -3.17. The van der Waals surface area contributed by atoms with Gasteiger partial charge in [0.25, 0.3) is 5.91 Å². The number of pyridine rings is 1. The Morgan fingerprint density at radius 1 is 1.27 bits per heavy atom. The van der Waals surface area contributed by atoms with Gasteiger partial charge in [0.15, 0.2) is 0 Å². The van der Waals surface area contributed by atoms with Crippen molar-refractivity contribution in [3.8, 4) is 0 Å². The van der Waals surface area contributed by atoms with Gasteiger partial charge in [-0.1, -0.05) is 30.3 Å². The van der Waals surface area contributed by atoms with Crippen LogP contribution >= 0.6 is 15.9 Å². The summed E-state index contributed by atoms with van der Waals surface area (Å²) < 4.78 is 2.69. The van der Waals surface area contributed by atoms with Crippen molar-refractivity contribution in [2.45, 2.75) is 25.4 Å². The minimum absolute atomic E-state index is 0.201. The zero-order chi connectivity index (χ0) is 22.8. The fraction of sp³-hybridized carbons (Fsp3) is 0.292. The van der Waals surface area contributed by atoms with E-state index in [9.17, 15) is 4.79 Å². The van der Waals surface area contributed by atoms with Crippen LogP contribution in [0, 0.1) is 0 Å². The summed E-state index contributed by atoms with van der Waals surface area (Å²) in [7, 11) is 2.01. The summed E-state index contributed by atoms with van der Waals surface area (Å²) in [5.74, 6) is -0.201. The molecule has 9 heteroatoms. The third kappa shape index (κ3) is 4.51. The molecule has 1 aliphatic rings. The van der Waals surface area contributed by atoms with Crippen molar-refractivity contribution in [1.82, 2.24) is 25.1 Å². The van der Waals surface area contributed by atoms with E-state index < -0.39 is 0 Å². The Morgan fingerprint density at radius 2 is 2.12 bits per heavy atom. The molecule has 1 amide bonds. The summed E-state index contributed by atoms with van der Waals surface area (Å²) >= 11 is 3.70. The Bertz CT molecular complexity index is 1270. The van der Waals surface area contributed by atoms with Gasteiger partial charge in [-0.2, -0.15) is 5.10 Å². The highest BCUT2D eigenvalue weighted by Gasteiger charge is 2.25. The third-order valence-electron chi connectivity index (χ3n) is 6.11. The van der Waals surface area contributed by atoms with Gasteiger partial charge in [0.1, 0.15) is 5.65 Å². The lowest BCUT2D eigenvalue weighted by Gasteiger charge is -2.35. The molecule has 0 unspecified atom stereocenters. The van der Waals surface area contributed by atoms with E-state index in [1.807, 2.05) is 43.6 Å². The lowest BCUT2D eigenvalue weighted by molar-refractivity contribution is 0.102. The monoisotopic (exact) mass is 507 g/mol. The first kappa shape index (κ1) is 21.7. The van der Waals surface area contributed by atoms with E-state index in [1.54, 1.807) is 23.3 Å². The summed E-state index contributed by atoms with van der Waals surface area (Å²) in [4.78, 5) is 23.1. The fourth-order valence-electron chi connectivity index (χ4n) is 4.41. The predicted molar refractivity (Wildman–Crippen MR) is 134 cm³/mol. The van der Waals surface area contributed by atoms with E-state index in [2.05, 4.69) is 46.5 Å². The molecule has 1 aromatic carbocycles. The quantitative estimate of drug-likeness (QED) is 0.366. The molecule has 0 aliphatic carbocycles. The average molecular weight is 508 g/mol. The standard InChI is InChI=1S/C24H26BrN7O/c1-26-18-8-5-9-31(15-18)22-19(25)11-27-23-21(22)20(12-28-23)30-24(33)17-10-29-32(14-17)13-16-6-3-2-4-7-16/h2-4,6-7,10-12,14,18,26H,5,8-9,13,15H2,1H3,(H,27,28)(H,30,33)/t18-/m1/s1. The molecule has 3 N–H and O–H groups in total.